The van der Waals surface area contributed by atoms with E-state index >= 15 is 0 Å². The fourth-order valence-electron chi connectivity index (χ4n) is 2.98. The van der Waals surface area contributed by atoms with Gasteiger partial charge in [-0.15, -0.1) is 10.2 Å². The van der Waals surface area contributed by atoms with Crippen LogP contribution in [0.2, 0.25) is 0 Å². The average molecular weight is 395 g/mol. The van der Waals surface area contributed by atoms with E-state index in [2.05, 4.69) is 15.3 Å². The Morgan fingerprint density at radius 1 is 1.14 bits per heavy atom. The van der Waals surface area contributed by atoms with E-state index in [1.54, 1.807) is 16.8 Å². The molecule has 0 saturated heterocycles. The number of hydrogen-bond acceptors (Lipinski definition) is 6. The Morgan fingerprint density at radius 2 is 1.86 bits per heavy atom. The predicted molar refractivity (Wildman–Crippen MR) is 102 cm³/mol. The molecule has 28 heavy (non-hydrogen) atoms. The molecule has 1 aliphatic rings. The number of aromatic nitrogens is 3. The van der Waals surface area contributed by atoms with Crippen molar-refractivity contribution in [1.29, 1.82) is 0 Å². The second kappa shape index (κ2) is 7.55. The Labute approximate surface area is 165 Å². The number of aliphatic carboxylic acids is 1. The minimum Gasteiger partial charge on any atom is -0.550 e. The average Bonchev–Trinajstić information content (AvgIpc) is 3.05. The summed E-state index contributed by atoms with van der Waals surface area (Å²) in [5.41, 5.74) is 3.47. The van der Waals surface area contributed by atoms with Crippen LogP contribution in [0.15, 0.2) is 58.8 Å². The summed E-state index contributed by atoms with van der Waals surface area (Å²) < 4.78 is 14.8. The Kier molecular flexibility index (Phi) is 4.95. The predicted octanol–water partition coefficient (Wildman–Crippen LogP) is 2.18. The summed E-state index contributed by atoms with van der Waals surface area (Å²) in [4.78, 5) is 11.2. The summed E-state index contributed by atoms with van der Waals surface area (Å²) in [6.45, 7) is 1.98. The van der Waals surface area contributed by atoms with Crippen molar-refractivity contribution in [1.82, 2.24) is 14.9 Å². The minimum atomic E-state index is -1.14. The quantitative estimate of drug-likeness (QED) is 0.661. The maximum atomic E-state index is 13.1. The van der Waals surface area contributed by atoms with E-state index in [0.29, 0.717) is 23.1 Å². The number of carboxylic acids is 1. The lowest BCUT2D eigenvalue weighted by Gasteiger charge is -2.23. The second-order valence-electron chi connectivity index (χ2n) is 6.55. The molecule has 0 unspecified atom stereocenters. The molecule has 1 aliphatic heterocycles. The fraction of sp³-hybridized carbons (Fsp3) is 0.200. The summed E-state index contributed by atoms with van der Waals surface area (Å²) >= 11 is 1.30. The number of rotatable bonds is 5. The molecule has 0 aliphatic carbocycles. The van der Waals surface area contributed by atoms with E-state index in [1.165, 1.54) is 23.9 Å². The van der Waals surface area contributed by atoms with Gasteiger partial charge in [-0.2, -0.15) is 9.78 Å². The van der Waals surface area contributed by atoms with Crippen LogP contribution in [0, 0.1) is 12.7 Å². The summed E-state index contributed by atoms with van der Waals surface area (Å²) in [6, 6.07) is 13.9. The van der Waals surface area contributed by atoms with Crippen molar-refractivity contribution in [3.8, 4) is 0 Å². The summed E-state index contributed by atoms with van der Waals surface area (Å²) in [6.07, 6.45) is 0.265. The van der Waals surface area contributed by atoms with E-state index in [4.69, 9.17) is 0 Å². The van der Waals surface area contributed by atoms with E-state index in [1.807, 2.05) is 31.2 Å². The molecule has 0 N–H and O–H groups in total. The Bertz CT molecular complexity index is 1050. The van der Waals surface area contributed by atoms with Crippen LogP contribution in [0.4, 0.5) is 4.39 Å². The van der Waals surface area contributed by atoms with Crippen molar-refractivity contribution in [2.75, 3.05) is 0 Å². The van der Waals surface area contributed by atoms with Crippen molar-refractivity contribution in [3.05, 3.63) is 76.9 Å². The Morgan fingerprint density at radius 3 is 2.54 bits per heavy atom. The second-order valence-corrected chi connectivity index (χ2v) is 7.72. The molecule has 4 rings (SSSR count). The maximum absolute atomic E-state index is 13.1. The zero-order chi connectivity index (χ0) is 19.7. The molecule has 2 heterocycles. The number of hydrogen-bond donors (Lipinski definition) is 0. The first kappa shape index (κ1) is 18.4. The van der Waals surface area contributed by atoms with Gasteiger partial charge in [-0.05, 0) is 30.2 Å². The SMILES string of the molecule is Cc1ccc(C2=Nn3c(Cc4ccc(F)cc4)nnc3S[C@H]2CC(=O)[O-])cc1. The topological polar surface area (TPSA) is 83.2 Å². The van der Waals surface area contributed by atoms with E-state index in [-0.39, 0.29) is 12.2 Å². The molecule has 0 fully saturated rings. The molecule has 0 bridgehead atoms. The minimum absolute atomic E-state index is 0.169. The Balaban J connectivity index is 1.72. The van der Waals surface area contributed by atoms with Gasteiger partial charge in [0.05, 0.1) is 11.0 Å². The van der Waals surface area contributed by atoms with Gasteiger partial charge in [-0.1, -0.05) is 53.7 Å². The zero-order valence-corrected chi connectivity index (χ0v) is 15.8. The number of carbonyl (C=O) groups excluding carboxylic acids is 1. The highest BCUT2D eigenvalue weighted by Crippen LogP contribution is 2.32. The normalized spacial score (nSPS) is 15.8. The van der Waals surface area contributed by atoms with Gasteiger partial charge in [0.25, 0.3) is 0 Å². The van der Waals surface area contributed by atoms with Gasteiger partial charge in [0.2, 0.25) is 5.16 Å². The van der Waals surface area contributed by atoms with Crippen molar-refractivity contribution in [3.63, 3.8) is 0 Å². The standard InChI is InChI=1S/C20H17FN4O2S/c1-12-2-6-14(7-3-12)19-16(11-18(26)27)28-20-23-22-17(25(20)24-19)10-13-4-8-15(21)9-5-13/h2-9,16H,10-11H2,1H3,(H,26,27)/p-1/t16-/m0/s1. The molecule has 3 aromatic rings. The molecule has 0 spiro atoms. The molecular weight excluding hydrogens is 379 g/mol. The third-order valence-corrected chi connectivity index (χ3v) is 5.55. The highest BCUT2D eigenvalue weighted by molar-refractivity contribution is 8.00. The molecule has 1 atom stereocenters. The third-order valence-electron chi connectivity index (χ3n) is 4.41. The molecule has 8 heteroatoms. The number of thioether (sulfide) groups is 1. The number of aryl methyl sites for hydroxylation is 1. The lowest BCUT2D eigenvalue weighted by molar-refractivity contribution is -0.305. The summed E-state index contributed by atoms with van der Waals surface area (Å²) in [7, 11) is 0. The number of halogens is 1. The maximum Gasteiger partial charge on any atom is 0.212 e. The van der Waals surface area contributed by atoms with E-state index in [0.717, 1.165) is 16.7 Å². The number of benzene rings is 2. The van der Waals surface area contributed by atoms with Crippen LogP contribution in [0.5, 0.6) is 0 Å². The smallest absolute Gasteiger partial charge is 0.212 e. The van der Waals surface area contributed by atoms with Gasteiger partial charge in [0, 0.05) is 18.8 Å². The third kappa shape index (κ3) is 3.82. The van der Waals surface area contributed by atoms with Crippen LogP contribution in [0.3, 0.4) is 0 Å². The molecular formula is C20H16FN4O2S-. The van der Waals surface area contributed by atoms with E-state index in [9.17, 15) is 14.3 Å². The molecule has 0 radical (unpaired) electrons. The van der Waals surface area contributed by atoms with Crippen molar-refractivity contribution >= 4 is 23.4 Å². The number of nitrogens with zero attached hydrogens (tertiary/aromatic N) is 4. The number of fused-ring (bicyclic) bond motifs is 1. The van der Waals surface area contributed by atoms with Crippen LogP contribution in [0.1, 0.15) is 28.9 Å². The first-order chi connectivity index (χ1) is 13.5. The molecule has 0 amide bonds. The molecule has 1 aromatic heterocycles. The summed E-state index contributed by atoms with van der Waals surface area (Å²) in [5.74, 6) is -0.838. The van der Waals surface area contributed by atoms with Crippen molar-refractivity contribution < 1.29 is 14.3 Å². The van der Waals surface area contributed by atoms with E-state index < -0.39 is 11.2 Å². The van der Waals surface area contributed by atoms with Crippen LogP contribution in [-0.2, 0) is 11.2 Å². The first-order valence-corrected chi connectivity index (χ1v) is 9.59. The molecule has 6 nitrogen and oxygen atoms in total. The van der Waals surface area contributed by atoms with Gasteiger partial charge in [-0.3, -0.25) is 0 Å². The lowest BCUT2D eigenvalue weighted by atomic mass is 10.0. The lowest BCUT2D eigenvalue weighted by Crippen LogP contribution is -2.33. The summed E-state index contributed by atoms with van der Waals surface area (Å²) in [5, 5.41) is 24.4. The first-order valence-electron chi connectivity index (χ1n) is 8.71. The van der Waals surface area contributed by atoms with Crippen molar-refractivity contribution in [2.24, 2.45) is 5.10 Å². The fourth-order valence-corrected chi connectivity index (χ4v) is 4.08. The molecule has 0 saturated carbocycles. The number of carboxylic acid groups (broad SMARTS) is 1. The number of carbonyl (C=O) groups is 1. The van der Waals surface area contributed by atoms with Gasteiger partial charge >= 0.3 is 0 Å². The molecule has 142 valence electrons. The largest absolute Gasteiger partial charge is 0.550 e. The zero-order valence-electron chi connectivity index (χ0n) is 15.0. The van der Waals surface area contributed by atoms with Crippen LogP contribution in [-0.4, -0.2) is 31.8 Å². The van der Waals surface area contributed by atoms with Gasteiger partial charge in [-0.25, -0.2) is 4.39 Å². The van der Waals surface area contributed by atoms with Crippen LogP contribution in [0.25, 0.3) is 0 Å². The van der Waals surface area contributed by atoms with Crippen LogP contribution < -0.4 is 5.11 Å². The van der Waals surface area contributed by atoms with Gasteiger partial charge < -0.3 is 9.90 Å². The highest BCUT2D eigenvalue weighted by atomic mass is 32.2. The van der Waals surface area contributed by atoms with Gasteiger partial charge in [0.1, 0.15) is 5.82 Å². The monoisotopic (exact) mass is 395 g/mol. The van der Waals surface area contributed by atoms with Crippen LogP contribution >= 0.6 is 11.8 Å². The van der Waals surface area contributed by atoms with Gasteiger partial charge in [0.15, 0.2) is 5.82 Å². The molecule has 2 aromatic carbocycles. The van der Waals surface area contributed by atoms with Crippen molar-refractivity contribution in [2.45, 2.75) is 30.2 Å². The Hall–Kier alpha value is -3.00. The highest BCUT2D eigenvalue weighted by Gasteiger charge is 2.29.